The zero-order chi connectivity index (χ0) is 24.7. The molecule has 2 aromatic rings. The number of ether oxygens (including phenoxy) is 3. The quantitative estimate of drug-likeness (QED) is 0.557. The highest BCUT2D eigenvalue weighted by Crippen LogP contribution is 2.21. The molecule has 1 saturated heterocycles. The minimum absolute atomic E-state index is 0.00481. The first-order chi connectivity index (χ1) is 16.2. The lowest BCUT2D eigenvalue weighted by molar-refractivity contribution is -0.149. The second kappa shape index (κ2) is 11.0. The van der Waals surface area contributed by atoms with E-state index >= 15 is 0 Å². The molecule has 182 valence electrons. The molecule has 11 heteroatoms. The van der Waals surface area contributed by atoms with Crippen LogP contribution < -0.4 is 9.46 Å². The molecule has 2 aromatic carbocycles. The number of nitrogens with one attached hydrogen (secondary N) is 1. The summed E-state index contributed by atoms with van der Waals surface area (Å²) >= 11 is 0. The highest BCUT2D eigenvalue weighted by molar-refractivity contribution is 7.92. The lowest BCUT2D eigenvalue weighted by atomic mass is 9.97. The van der Waals surface area contributed by atoms with Crippen LogP contribution in [0.2, 0.25) is 0 Å². The maximum atomic E-state index is 12.7. The molecular weight excluding hydrogens is 464 g/mol. The standard InChI is InChI=1S/C23H26N2O8S/c1-31-19-8-6-18(7-9-19)24-34(29,30)20-5-3-4-17(14-20)23(28)33-15-21(26)25-12-10-16(11-13-25)22(27)32-2/h3-9,14,16,24H,10-13,15H2,1-2H3. The van der Waals surface area contributed by atoms with Crippen LogP contribution in [0.4, 0.5) is 5.69 Å². The number of sulfonamides is 1. The number of benzene rings is 2. The second-order valence-electron chi connectivity index (χ2n) is 7.62. The predicted octanol–water partition coefficient (Wildman–Crippen LogP) is 2.06. The number of esters is 2. The average Bonchev–Trinajstić information content (AvgIpc) is 2.87. The van der Waals surface area contributed by atoms with Crippen LogP contribution in [0.3, 0.4) is 0 Å². The molecule has 1 amide bonds. The van der Waals surface area contributed by atoms with Gasteiger partial charge in [0.2, 0.25) is 0 Å². The van der Waals surface area contributed by atoms with Crippen molar-refractivity contribution in [2.24, 2.45) is 5.92 Å². The molecular formula is C23H26N2O8S. The third-order valence-electron chi connectivity index (χ3n) is 5.43. The molecule has 1 N–H and O–H groups in total. The first kappa shape index (κ1) is 25.0. The fourth-order valence-corrected chi connectivity index (χ4v) is 4.60. The van der Waals surface area contributed by atoms with E-state index in [-0.39, 0.29) is 28.3 Å². The highest BCUT2D eigenvalue weighted by atomic mass is 32.2. The fourth-order valence-electron chi connectivity index (χ4n) is 3.50. The number of amides is 1. The van der Waals surface area contributed by atoms with E-state index in [9.17, 15) is 22.8 Å². The van der Waals surface area contributed by atoms with Gasteiger partial charge in [-0.3, -0.25) is 14.3 Å². The fraction of sp³-hybridized carbons (Fsp3) is 0.348. The lowest BCUT2D eigenvalue weighted by Gasteiger charge is -2.30. The van der Waals surface area contributed by atoms with Gasteiger partial charge in [-0.15, -0.1) is 0 Å². The summed E-state index contributed by atoms with van der Waals surface area (Å²) in [6.45, 7) is 0.241. The molecule has 0 bridgehead atoms. The van der Waals surface area contributed by atoms with Gasteiger partial charge in [0.25, 0.3) is 15.9 Å². The number of carbonyl (C=O) groups excluding carboxylic acids is 3. The monoisotopic (exact) mass is 490 g/mol. The normalized spacial score (nSPS) is 14.2. The van der Waals surface area contributed by atoms with Gasteiger partial charge in [-0.25, -0.2) is 13.2 Å². The van der Waals surface area contributed by atoms with E-state index in [0.717, 1.165) is 0 Å². The first-order valence-corrected chi connectivity index (χ1v) is 12.0. The Kier molecular flexibility index (Phi) is 8.11. The van der Waals surface area contributed by atoms with Crippen LogP contribution in [-0.2, 0) is 29.1 Å². The third kappa shape index (κ3) is 6.25. The number of rotatable bonds is 8. The zero-order valence-corrected chi connectivity index (χ0v) is 19.7. The van der Waals surface area contributed by atoms with Gasteiger partial charge in [0.05, 0.1) is 30.6 Å². The number of likely N-dealkylation sites (tertiary alicyclic amines) is 1. The van der Waals surface area contributed by atoms with Crippen LogP contribution in [0.5, 0.6) is 5.75 Å². The van der Waals surface area contributed by atoms with E-state index in [1.165, 1.54) is 43.4 Å². The number of anilines is 1. The minimum Gasteiger partial charge on any atom is -0.497 e. The van der Waals surface area contributed by atoms with Crippen molar-refractivity contribution in [2.75, 3.05) is 38.6 Å². The van der Waals surface area contributed by atoms with Crippen molar-refractivity contribution in [3.8, 4) is 5.75 Å². The Morgan fingerprint density at radius 2 is 1.71 bits per heavy atom. The van der Waals surface area contributed by atoms with Crippen molar-refractivity contribution < 1.29 is 37.0 Å². The Morgan fingerprint density at radius 1 is 1.03 bits per heavy atom. The summed E-state index contributed by atoms with van der Waals surface area (Å²) in [7, 11) is -1.13. The van der Waals surface area contributed by atoms with Crippen molar-refractivity contribution >= 4 is 33.6 Å². The summed E-state index contributed by atoms with van der Waals surface area (Å²) in [6.07, 6.45) is 0.959. The minimum atomic E-state index is -3.96. The smallest absolute Gasteiger partial charge is 0.338 e. The summed E-state index contributed by atoms with van der Waals surface area (Å²) in [5.41, 5.74) is 0.324. The molecule has 0 unspecified atom stereocenters. The van der Waals surface area contributed by atoms with Crippen molar-refractivity contribution in [3.63, 3.8) is 0 Å². The molecule has 0 aliphatic carbocycles. The van der Waals surface area contributed by atoms with Crippen molar-refractivity contribution in [1.29, 1.82) is 0 Å². The average molecular weight is 491 g/mol. The van der Waals surface area contributed by atoms with E-state index in [1.807, 2.05) is 0 Å². The molecule has 34 heavy (non-hydrogen) atoms. The van der Waals surface area contributed by atoms with Gasteiger partial charge < -0.3 is 19.1 Å². The van der Waals surface area contributed by atoms with Gasteiger partial charge in [-0.1, -0.05) is 6.07 Å². The van der Waals surface area contributed by atoms with E-state index < -0.39 is 22.6 Å². The van der Waals surface area contributed by atoms with Crippen LogP contribution in [0, 0.1) is 5.92 Å². The van der Waals surface area contributed by atoms with Gasteiger partial charge >= 0.3 is 11.9 Å². The molecule has 1 aliphatic rings. The molecule has 10 nitrogen and oxygen atoms in total. The molecule has 0 saturated carbocycles. The number of piperidine rings is 1. The predicted molar refractivity (Wildman–Crippen MR) is 122 cm³/mol. The topological polar surface area (TPSA) is 128 Å². The Hall–Kier alpha value is -3.60. The van der Waals surface area contributed by atoms with E-state index in [0.29, 0.717) is 37.4 Å². The molecule has 1 aliphatic heterocycles. The van der Waals surface area contributed by atoms with Crippen LogP contribution in [0.25, 0.3) is 0 Å². The number of hydrogen-bond donors (Lipinski definition) is 1. The van der Waals surface area contributed by atoms with Gasteiger partial charge in [0.15, 0.2) is 6.61 Å². The van der Waals surface area contributed by atoms with E-state index in [2.05, 4.69) is 4.72 Å². The molecule has 0 atom stereocenters. The molecule has 0 aromatic heterocycles. The van der Waals surface area contributed by atoms with Crippen molar-refractivity contribution in [1.82, 2.24) is 4.90 Å². The molecule has 0 spiro atoms. The zero-order valence-electron chi connectivity index (χ0n) is 18.9. The van der Waals surface area contributed by atoms with Crippen LogP contribution >= 0.6 is 0 Å². The van der Waals surface area contributed by atoms with Gasteiger partial charge in [0, 0.05) is 18.8 Å². The highest BCUT2D eigenvalue weighted by Gasteiger charge is 2.28. The second-order valence-corrected chi connectivity index (χ2v) is 9.30. The Bertz CT molecular complexity index is 1140. The van der Waals surface area contributed by atoms with E-state index in [4.69, 9.17) is 14.2 Å². The van der Waals surface area contributed by atoms with Crippen molar-refractivity contribution in [3.05, 3.63) is 54.1 Å². The summed E-state index contributed by atoms with van der Waals surface area (Å²) in [4.78, 5) is 37.8. The molecule has 0 radical (unpaired) electrons. The third-order valence-corrected chi connectivity index (χ3v) is 6.81. The number of carbonyl (C=O) groups is 3. The molecule has 3 rings (SSSR count). The first-order valence-electron chi connectivity index (χ1n) is 10.5. The van der Waals surface area contributed by atoms with E-state index in [1.54, 1.807) is 24.3 Å². The maximum Gasteiger partial charge on any atom is 0.338 e. The Labute approximate surface area is 197 Å². The maximum absolute atomic E-state index is 12.7. The summed E-state index contributed by atoms with van der Waals surface area (Å²) in [5, 5.41) is 0. The molecule has 1 fully saturated rings. The van der Waals surface area contributed by atoms with Crippen LogP contribution in [0.1, 0.15) is 23.2 Å². The summed E-state index contributed by atoms with van der Waals surface area (Å²) < 4.78 is 42.7. The SMILES string of the molecule is COC(=O)C1CCN(C(=O)COC(=O)c2cccc(S(=O)(=O)Nc3ccc(OC)cc3)c2)CC1. The summed E-state index contributed by atoms with van der Waals surface area (Å²) in [5.74, 6) is -1.17. The van der Waals surface area contributed by atoms with Gasteiger partial charge in [-0.2, -0.15) is 0 Å². The van der Waals surface area contributed by atoms with Crippen LogP contribution in [0.15, 0.2) is 53.4 Å². The molecule has 1 heterocycles. The Balaban J connectivity index is 1.57. The van der Waals surface area contributed by atoms with Gasteiger partial charge in [0.1, 0.15) is 5.75 Å². The largest absolute Gasteiger partial charge is 0.497 e. The number of nitrogens with zero attached hydrogens (tertiary/aromatic N) is 1. The lowest BCUT2D eigenvalue weighted by Crippen LogP contribution is -2.42. The summed E-state index contributed by atoms with van der Waals surface area (Å²) in [6, 6.07) is 11.7. The Morgan fingerprint density at radius 3 is 2.32 bits per heavy atom. The number of methoxy groups -OCH3 is 2. The number of hydrogen-bond acceptors (Lipinski definition) is 8. The van der Waals surface area contributed by atoms with Crippen molar-refractivity contribution in [2.45, 2.75) is 17.7 Å². The van der Waals surface area contributed by atoms with Gasteiger partial charge in [-0.05, 0) is 55.3 Å². The van der Waals surface area contributed by atoms with Crippen LogP contribution in [-0.4, -0.2) is 65.1 Å².